The van der Waals surface area contributed by atoms with E-state index in [1.807, 2.05) is 13.1 Å². The minimum Gasteiger partial charge on any atom is -0.250 e. The summed E-state index contributed by atoms with van der Waals surface area (Å²) in [6.45, 7) is 6.38. The van der Waals surface area contributed by atoms with Crippen molar-refractivity contribution in [3.63, 3.8) is 0 Å². The van der Waals surface area contributed by atoms with E-state index in [4.69, 9.17) is 23.2 Å². The Morgan fingerprint density at radius 1 is 1.40 bits per heavy atom. The van der Waals surface area contributed by atoms with Crippen LogP contribution < -0.4 is 0 Å². The second-order valence-corrected chi connectivity index (χ2v) is 6.16. The van der Waals surface area contributed by atoms with Gasteiger partial charge in [-0.2, -0.15) is 0 Å². The summed E-state index contributed by atoms with van der Waals surface area (Å²) in [5, 5.41) is 1.10. The minimum absolute atomic E-state index is 0.00207. The van der Waals surface area contributed by atoms with Gasteiger partial charge in [-0.3, -0.25) is 0 Å². The summed E-state index contributed by atoms with van der Waals surface area (Å²) in [6, 6.07) is 0. The zero-order valence-corrected chi connectivity index (χ0v) is 11.7. The van der Waals surface area contributed by atoms with Gasteiger partial charge in [0.1, 0.15) is 0 Å². The van der Waals surface area contributed by atoms with E-state index in [0.29, 0.717) is 17.7 Å². The third kappa shape index (κ3) is 3.08. The molecule has 1 aromatic rings. The molecule has 0 aliphatic rings. The molecule has 0 bridgehead atoms. The highest BCUT2D eigenvalue weighted by Crippen LogP contribution is 2.35. The first-order valence-electron chi connectivity index (χ1n) is 5.07. The number of rotatable bonds is 5. The lowest BCUT2D eigenvalue weighted by atomic mass is 9.77. The molecule has 0 aliphatic carbocycles. The van der Waals surface area contributed by atoms with Crippen molar-refractivity contribution >= 4 is 34.5 Å². The molecule has 0 saturated heterocycles. The van der Waals surface area contributed by atoms with Gasteiger partial charge in [0, 0.05) is 28.2 Å². The Labute approximate surface area is 106 Å². The van der Waals surface area contributed by atoms with Crippen molar-refractivity contribution in [1.29, 1.82) is 0 Å². The van der Waals surface area contributed by atoms with E-state index >= 15 is 0 Å². The number of hydrogen-bond acceptors (Lipinski definition) is 2. The van der Waals surface area contributed by atoms with Gasteiger partial charge in [-0.25, -0.2) is 4.98 Å². The van der Waals surface area contributed by atoms with Gasteiger partial charge in [-0.1, -0.05) is 13.8 Å². The third-order valence-corrected chi connectivity index (χ3v) is 4.93. The van der Waals surface area contributed by atoms with Crippen molar-refractivity contribution in [3.05, 3.63) is 16.1 Å². The van der Waals surface area contributed by atoms with Crippen LogP contribution in [0.1, 0.15) is 23.7 Å². The molecular formula is C11H17Cl2NS. The van der Waals surface area contributed by atoms with Gasteiger partial charge >= 0.3 is 0 Å². The zero-order chi connectivity index (χ0) is 11.5. The molecule has 0 spiro atoms. The molecule has 0 radical (unpaired) electrons. The summed E-state index contributed by atoms with van der Waals surface area (Å²) in [5.74, 6) is 1.69. The maximum atomic E-state index is 6.08. The second-order valence-electron chi connectivity index (χ2n) is 4.31. The lowest BCUT2D eigenvalue weighted by Gasteiger charge is -2.33. The average molecular weight is 266 g/mol. The largest absolute Gasteiger partial charge is 0.250 e. The predicted octanol–water partition coefficient (Wildman–Crippen LogP) is 4.11. The van der Waals surface area contributed by atoms with Crippen LogP contribution in [0, 0.1) is 18.3 Å². The summed E-state index contributed by atoms with van der Waals surface area (Å²) < 4.78 is 0. The lowest BCUT2D eigenvalue weighted by Crippen LogP contribution is -2.33. The fraction of sp³-hybridized carbons (Fsp3) is 0.727. The van der Waals surface area contributed by atoms with Gasteiger partial charge in [0.05, 0.1) is 5.01 Å². The summed E-state index contributed by atoms with van der Waals surface area (Å²) >= 11 is 13.9. The molecular weight excluding hydrogens is 249 g/mol. The summed E-state index contributed by atoms with van der Waals surface area (Å²) in [7, 11) is 0. The molecule has 0 N–H and O–H groups in total. The number of halogens is 2. The SMILES string of the molecule is Cc1ncc(CC(CCl)(CCl)C(C)C)s1. The fourth-order valence-electron chi connectivity index (χ4n) is 1.48. The highest BCUT2D eigenvalue weighted by molar-refractivity contribution is 7.11. The molecule has 1 aromatic heterocycles. The third-order valence-electron chi connectivity index (χ3n) is 2.95. The summed E-state index contributed by atoms with van der Waals surface area (Å²) in [6.07, 6.45) is 2.87. The predicted molar refractivity (Wildman–Crippen MR) is 69.3 cm³/mol. The molecule has 1 heterocycles. The maximum Gasteiger partial charge on any atom is 0.0896 e. The van der Waals surface area contributed by atoms with Crippen LogP contribution in [0.15, 0.2) is 6.20 Å². The van der Waals surface area contributed by atoms with E-state index in [-0.39, 0.29) is 5.41 Å². The normalized spacial score (nSPS) is 12.4. The van der Waals surface area contributed by atoms with Crippen molar-refractivity contribution in [1.82, 2.24) is 4.98 Å². The maximum absolute atomic E-state index is 6.08. The van der Waals surface area contributed by atoms with Gasteiger partial charge in [-0.15, -0.1) is 34.5 Å². The highest BCUT2D eigenvalue weighted by atomic mass is 35.5. The standard InChI is InChI=1S/C11H17Cl2NS/c1-8(2)11(6-12,7-13)4-10-5-14-9(3)15-10/h5,8H,4,6-7H2,1-3H3. The first-order valence-corrected chi connectivity index (χ1v) is 6.96. The van der Waals surface area contributed by atoms with Gasteiger partial charge in [0.2, 0.25) is 0 Å². The zero-order valence-electron chi connectivity index (χ0n) is 9.39. The Morgan fingerprint density at radius 3 is 2.33 bits per heavy atom. The minimum atomic E-state index is 0.00207. The molecule has 15 heavy (non-hydrogen) atoms. The van der Waals surface area contributed by atoms with Crippen LogP contribution >= 0.6 is 34.5 Å². The molecule has 1 rings (SSSR count). The molecule has 1 nitrogen and oxygen atoms in total. The van der Waals surface area contributed by atoms with Crippen molar-refractivity contribution in [3.8, 4) is 0 Å². The highest BCUT2D eigenvalue weighted by Gasteiger charge is 2.33. The van der Waals surface area contributed by atoms with Crippen molar-refractivity contribution in [2.24, 2.45) is 11.3 Å². The molecule has 0 saturated carbocycles. The number of nitrogens with zero attached hydrogens (tertiary/aromatic N) is 1. The van der Waals surface area contributed by atoms with Crippen molar-refractivity contribution in [2.75, 3.05) is 11.8 Å². The average Bonchev–Trinajstić information content (AvgIpc) is 2.60. The Hall–Kier alpha value is 0.210. The number of alkyl halides is 2. The number of aromatic nitrogens is 1. The quantitative estimate of drug-likeness (QED) is 0.731. The smallest absolute Gasteiger partial charge is 0.0896 e. The van der Waals surface area contributed by atoms with E-state index in [1.165, 1.54) is 4.88 Å². The van der Waals surface area contributed by atoms with Gasteiger partial charge in [-0.05, 0) is 19.3 Å². The van der Waals surface area contributed by atoms with E-state index < -0.39 is 0 Å². The Balaban J connectivity index is 2.83. The van der Waals surface area contributed by atoms with E-state index in [0.717, 1.165) is 11.4 Å². The molecule has 0 aliphatic heterocycles. The van der Waals surface area contributed by atoms with Crippen LogP contribution in [-0.2, 0) is 6.42 Å². The van der Waals surface area contributed by atoms with Crippen molar-refractivity contribution < 1.29 is 0 Å². The van der Waals surface area contributed by atoms with Crippen LogP contribution in [0.2, 0.25) is 0 Å². The lowest BCUT2D eigenvalue weighted by molar-refractivity contribution is 0.260. The van der Waals surface area contributed by atoms with Gasteiger partial charge < -0.3 is 0 Å². The molecule has 4 heteroatoms. The first-order chi connectivity index (χ1) is 7.04. The molecule has 86 valence electrons. The fourth-order valence-corrected chi connectivity index (χ4v) is 3.52. The topological polar surface area (TPSA) is 12.9 Å². The van der Waals surface area contributed by atoms with Crippen LogP contribution in [-0.4, -0.2) is 16.7 Å². The van der Waals surface area contributed by atoms with E-state index in [1.54, 1.807) is 11.3 Å². The Kier molecular flexibility index (Phi) is 4.88. The summed E-state index contributed by atoms with van der Waals surface area (Å²) in [4.78, 5) is 5.54. The Bertz CT molecular complexity index is 305. The molecule has 0 amide bonds. The first kappa shape index (κ1) is 13.3. The van der Waals surface area contributed by atoms with Crippen LogP contribution in [0.5, 0.6) is 0 Å². The van der Waals surface area contributed by atoms with E-state index in [2.05, 4.69) is 18.8 Å². The number of hydrogen-bond donors (Lipinski definition) is 0. The van der Waals surface area contributed by atoms with E-state index in [9.17, 15) is 0 Å². The molecule has 0 aromatic carbocycles. The number of thiazole rings is 1. The number of aryl methyl sites for hydroxylation is 1. The van der Waals surface area contributed by atoms with Crippen LogP contribution in [0.25, 0.3) is 0 Å². The summed E-state index contributed by atoms with van der Waals surface area (Å²) in [5.41, 5.74) is 0.00207. The Morgan fingerprint density at radius 2 is 2.00 bits per heavy atom. The molecule has 0 unspecified atom stereocenters. The molecule has 0 atom stereocenters. The second kappa shape index (κ2) is 5.51. The molecule has 0 fully saturated rings. The van der Waals surface area contributed by atoms with Gasteiger partial charge in [0.15, 0.2) is 0 Å². The van der Waals surface area contributed by atoms with Crippen LogP contribution in [0.4, 0.5) is 0 Å². The van der Waals surface area contributed by atoms with Crippen molar-refractivity contribution in [2.45, 2.75) is 27.2 Å². The van der Waals surface area contributed by atoms with Gasteiger partial charge in [0.25, 0.3) is 0 Å². The van der Waals surface area contributed by atoms with Crippen LogP contribution in [0.3, 0.4) is 0 Å². The monoisotopic (exact) mass is 265 g/mol.